The van der Waals surface area contributed by atoms with Crippen LogP contribution in [0.3, 0.4) is 0 Å². The number of thiophene rings is 1. The Bertz CT molecular complexity index is 1060. The average Bonchev–Trinajstić information content (AvgIpc) is 3.49. The Balaban J connectivity index is 1.32. The van der Waals surface area contributed by atoms with Crippen molar-refractivity contribution in [2.24, 2.45) is 0 Å². The van der Waals surface area contributed by atoms with Crippen molar-refractivity contribution in [3.8, 4) is 9.88 Å². The van der Waals surface area contributed by atoms with Gasteiger partial charge in [-0.05, 0) is 56.3 Å². The quantitative estimate of drug-likeness (QED) is 0.531. The fraction of sp³-hybridized carbons (Fsp3) is 0.348. The van der Waals surface area contributed by atoms with Gasteiger partial charge in [0, 0.05) is 36.9 Å². The van der Waals surface area contributed by atoms with Crippen LogP contribution in [0, 0.1) is 6.92 Å². The van der Waals surface area contributed by atoms with E-state index in [9.17, 15) is 9.59 Å². The van der Waals surface area contributed by atoms with Crippen LogP contribution in [0.1, 0.15) is 41.6 Å². The van der Waals surface area contributed by atoms with E-state index in [0.717, 1.165) is 34.3 Å². The Kier molecular flexibility index (Phi) is 6.67. The molecule has 8 heteroatoms. The maximum atomic E-state index is 12.7. The maximum Gasteiger partial charge on any atom is 0.263 e. The first kappa shape index (κ1) is 21.5. The summed E-state index contributed by atoms with van der Waals surface area (Å²) in [4.78, 5) is 33.7. The van der Waals surface area contributed by atoms with Crippen molar-refractivity contribution in [3.05, 3.63) is 52.3 Å². The minimum absolute atomic E-state index is 0.119. The van der Waals surface area contributed by atoms with Crippen LogP contribution in [0.4, 0.5) is 11.4 Å². The first-order chi connectivity index (χ1) is 15.0. The number of nitrogens with zero attached hydrogens (tertiary/aromatic N) is 2. The van der Waals surface area contributed by atoms with E-state index >= 15 is 0 Å². The summed E-state index contributed by atoms with van der Waals surface area (Å²) >= 11 is 2.99. The van der Waals surface area contributed by atoms with E-state index in [0.29, 0.717) is 10.6 Å². The zero-order chi connectivity index (χ0) is 21.8. The molecule has 1 saturated heterocycles. The second-order valence-electron chi connectivity index (χ2n) is 7.78. The highest BCUT2D eigenvalue weighted by Gasteiger charge is 2.20. The van der Waals surface area contributed by atoms with Crippen LogP contribution in [0.25, 0.3) is 9.88 Å². The molecule has 31 heavy (non-hydrogen) atoms. The molecule has 2 amide bonds. The van der Waals surface area contributed by atoms with Gasteiger partial charge in [-0.3, -0.25) is 9.59 Å². The van der Waals surface area contributed by atoms with E-state index < -0.39 is 0 Å². The lowest BCUT2D eigenvalue weighted by atomic mass is 10.2. The van der Waals surface area contributed by atoms with Gasteiger partial charge in [-0.2, -0.15) is 0 Å². The largest absolute Gasteiger partial charge is 0.371 e. The second kappa shape index (κ2) is 9.62. The molecule has 1 aromatic carbocycles. The van der Waals surface area contributed by atoms with Crippen LogP contribution in [0.15, 0.2) is 41.8 Å². The van der Waals surface area contributed by atoms with Crippen molar-refractivity contribution in [1.29, 1.82) is 0 Å². The minimum atomic E-state index is -0.291. The number of carbonyl (C=O) groups excluding carboxylic acids is 2. The number of hydrogen-bond acceptors (Lipinski definition) is 6. The van der Waals surface area contributed by atoms with Crippen molar-refractivity contribution >= 4 is 45.9 Å². The zero-order valence-corrected chi connectivity index (χ0v) is 19.3. The van der Waals surface area contributed by atoms with Gasteiger partial charge in [0.15, 0.2) is 0 Å². The van der Waals surface area contributed by atoms with E-state index in [4.69, 9.17) is 0 Å². The number of benzene rings is 1. The van der Waals surface area contributed by atoms with E-state index in [1.807, 2.05) is 49.6 Å². The average molecular weight is 455 g/mol. The van der Waals surface area contributed by atoms with Crippen molar-refractivity contribution < 1.29 is 9.59 Å². The lowest BCUT2D eigenvalue weighted by Gasteiger charge is -2.19. The molecule has 0 spiro atoms. The van der Waals surface area contributed by atoms with Gasteiger partial charge in [0.1, 0.15) is 9.88 Å². The van der Waals surface area contributed by atoms with Gasteiger partial charge in [-0.15, -0.1) is 22.7 Å². The van der Waals surface area contributed by atoms with Crippen LogP contribution >= 0.6 is 22.7 Å². The third kappa shape index (κ3) is 5.32. The van der Waals surface area contributed by atoms with Crippen molar-refractivity contribution in [1.82, 2.24) is 10.3 Å². The molecule has 6 nitrogen and oxygen atoms in total. The number of amides is 2. The fourth-order valence-electron chi connectivity index (χ4n) is 3.70. The van der Waals surface area contributed by atoms with Crippen LogP contribution in [-0.4, -0.2) is 35.9 Å². The number of hydrogen-bond donors (Lipinski definition) is 2. The fourth-order valence-corrected chi connectivity index (χ4v) is 5.47. The monoisotopic (exact) mass is 454 g/mol. The molecular weight excluding hydrogens is 428 g/mol. The SMILES string of the molecule is Cc1nc(-c2cccs2)sc1C(=O)NC(C)CC(=O)Nc1cccc(N2CCCC2)c1. The van der Waals surface area contributed by atoms with E-state index in [2.05, 4.69) is 26.6 Å². The summed E-state index contributed by atoms with van der Waals surface area (Å²) in [5.41, 5.74) is 2.63. The Morgan fingerprint density at radius 2 is 2.00 bits per heavy atom. The summed E-state index contributed by atoms with van der Waals surface area (Å²) in [5, 5.41) is 8.73. The number of aryl methyl sites for hydroxylation is 1. The molecular formula is C23H26N4O2S2. The number of nitrogens with one attached hydrogen (secondary N) is 2. The Hall–Kier alpha value is -2.71. The summed E-state index contributed by atoms with van der Waals surface area (Å²) < 4.78 is 0. The van der Waals surface area contributed by atoms with E-state index in [-0.39, 0.29) is 24.3 Å². The van der Waals surface area contributed by atoms with Crippen LogP contribution < -0.4 is 15.5 Å². The summed E-state index contributed by atoms with van der Waals surface area (Å²) in [6, 6.07) is 11.6. The minimum Gasteiger partial charge on any atom is -0.371 e. The van der Waals surface area contributed by atoms with Gasteiger partial charge >= 0.3 is 0 Å². The maximum absolute atomic E-state index is 12.7. The molecule has 1 unspecified atom stereocenters. The highest BCUT2D eigenvalue weighted by molar-refractivity contribution is 7.22. The summed E-state index contributed by atoms with van der Waals surface area (Å²) in [6.45, 7) is 5.80. The molecule has 0 aliphatic carbocycles. The van der Waals surface area contributed by atoms with Crippen LogP contribution in [0.2, 0.25) is 0 Å². The smallest absolute Gasteiger partial charge is 0.263 e. The number of aromatic nitrogens is 1. The Labute approximate surface area is 190 Å². The van der Waals surface area contributed by atoms with Crippen LogP contribution in [0.5, 0.6) is 0 Å². The molecule has 1 aliphatic heterocycles. The molecule has 0 bridgehead atoms. The lowest BCUT2D eigenvalue weighted by Crippen LogP contribution is -2.35. The van der Waals surface area contributed by atoms with Crippen molar-refractivity contribution in [2.75, 3.05) is 23.3 Å². The molecule has 3 heterocycles. The molecule has 2 aromatic heterocycles. The van der Waals surface area contributed by atoms with Gasteiger partial charge in [0.2, 0.25) is 5.91 Å². The Morgan fingerprint density at radius 1 is 1.19 bits per heavy atom. The lowest BCUT2D eigenvalue weighted by molar-refractivity contribution is -0.116. The molecule has 0 saturated carbocycles. The predicted octanol–water partition coefficient (Wildman–Crippen LogP) is 4.93. The first-order valence-electron chi connectivity index (χ1n) is 10.5. The number of carbonyl (C=O) groups is 2. The highest BCUT2D eigenvalue weighted by Crippen LogP contribution is 2.31. The molecule has 2 N–H and O–H groups in total. The third-order valence-electron chi connectivity index (χ3n) is 5.20. The number of thiazole rings is 1. The normalized spacial score (nSPS) is 14.5. The predicted molar refractivity (Wildman–Crippen MR) is 128 cm³/mol. The molecule has 4 rings (SSSR count). The van der Waals surface area contributed by atoms with E-state index in [1.54, 1.807) is 11.3 Å². The van der Waals surface area contributed by atoms with Crippen molar-refractivity contribution in [2.45, 2.75) is 39.2 Å². The first-order valence-corrected chi connectivity index (χ1v) is 12.2. The van der Waals surface area contributed by atoms with Crippen LogP contribution in [-0.2, 0) is 4.79 Å². The molecule has 1 fully saturated rings. The summed E-state index contributed by atoms with van der Waals surface area (Å²) in [5.74, 6) is -0.305. The Morgan fingerprint density at radius 3 is 2.74 bits per heavy atom. The third-order valence-corrected chi connectivity index (χ3v) is 7.40. The van der Waals surface area contributed by atoms with Crippen molar-refractivity contribution in [3.63, 3.8) is 0 Å². The zero-order valence-electron chi connectivity index (χ0n) is 17.7. The molecule has 3 aromatic rings. The van der Waals surface area contributed by atoms with Gasteiger partial charge in [0.05, 0.1) is 10.6 Å². The summed E-state index contributed by atoms with van der Waals surface area (Å²) in [6.07, 6.45) is 2.62. The van der Waals surface area contributed by atoms with Gasteiger partial charge in [0.25, 0.3) is 5.91 Å². The van der Waals surface area contributed by atoms with Gasteiger partial charge in [-0.25, -0.2) is 4.98 Å². The molecule has 1 aliphatic rings. The molecule has 0 radical (unpaired) electrons. The second-order valence-corrected chi connectivity index (χ2v) is 9.73. The standard InChI is InChI=1S/C23H26N4O2S2/c1-15(24-22(29)21-16(2)25-23(31-21)19-9-6-12-30-19)13-20(28)26-17-7-5-8-18(14-17)27-10-3-4-11-27/h5-9,12,14-15H,3-4,10-11,13H2,1-2H3,(H,24,29)(H,26,28). The van der Waals surface area contributed by atoms with Gasteiger partial charge in [-0.1, -0.05) is 12.1 Å². The molecule has 162 valence electrons. The molecule has 1 atom stereocenters. The van der Waals surface area contributed by atoms with E-state index in [1.165, 1.54) is 24.2 Å². The van der Waals surface area contributed by atoms with Gasteiger partial charge < -0.3 is 15.5 Å². The number of rotatable bonds is 7. The summed E-state index contributed by atoms with van der Waals surface area (Å²) in [7, 11) is 0. The highest BCUT2D eigenvalue weighted by atomic mass is 32.1. The number of anilines is 2. The topological polar surface area (TPSA) is 74.3 Å².